The van der Waals surface area contributed by atoms with Crippen LogP contribution in [0, 0.1) is 39.9 Å². The van der Waals surface area contributed by atoms with Gasteiger partial charge in [0.15, 0.2) is 0 Å². The van der Waals surface area contributed by atoms with Crippen LogP contribution in [0.2, 0.25) is 0 Å². The Hall–Kier alpha value is -1.59. The molecule has 0 spiro atoms. The van der Waals surface area contributed by atoms with Crippen LogP contribution in [-0.4, -0.2) is 37.2 Å². The van der Waals surface area contributed by atoms with Crippen molar-refractivity contribution in [3.05, 3.63) is 0 Å². The maximum atomic E-state index is 12.5. The molecule has 3 aliphatic carbocycles. The monoisotopic (exact) mass is 420 g/mol. The SMILES string of the molecule is CC(=O)OCC12C(OC(C)=O)CC3C(C)(C)CCCC3(C)C1CCC1C(=O)OCC12. The number of carbonyl (C=O) groups excluding carboxylic acids is 3. The highest BCUT2D eigenvalue weighted by Crippen LogP contribution is 2.70. The summed E-state index contributed by atoms with van der Waals surface area (Å²) >= 11 is 0. The fourth-order valence-corrected chi connectivity index (χ4v) is 8.18. The van der Waals surface area contributed by atoms with Crippen molar-refractivity contribution in [2.24, 2.45) is 39.9 Å². The van der Waals surface area contributed by atoms with Crippen molar-refractivity contribution in [3.63, 3.8) is 0 Å². The molecule has 30 heavy (non-hydrogen) atoms. The van der Waals surface area contributed by atoms with Crippen LogP contribution < -0.4 is 0 Å². The average molecular weight is 421 g/mol. The van der Waals surface area contributed by atoms with E-state index in [1.165, 1.54) is 20.3 Å². The molecule has 0 N–H and O–H groups in total. The summed E-state index contributed by atoms with van der Waals surface area (Å²) < 4.78 is 17.2. The maximum absolute atomic E-state index is 12.5. The van der Waals surface area contributed by atoms with Gasteiger partial charge in [0.25, 0.3) is 0 Å². The summed E-state index contributed by atoms with van der Waals surface area (Å²) in [6.45, 7) is 10.5. The highest BCUT2D eigenvalue weighted by atomic mass is 16.6. The Morgan fingerprint density at radius 2 is 1.80 bits per heavy atom. The summed E-state index contributed by atoms with van der Waals surface area (Å²) in [5.74, 6) is -0.477. The fourth-order valence-electron chi connectivity index (χ4n) is 8.18. The Balaban J connectivity index is 1.86. The molecule has 3 saturated carbocycles. The van der Waals surface area contributed by atoms with E-state index in [0.29, 0.717) is 12.5 Å². The van der Waals surface area contributed by atoms with E-state index in [-0.39, 0.29) is 59.2 Å². The van der Waals surface area contributed by atoms with Gasteiger partial charge in [0.05, 0.1) is 17.9 Å². The van der Waals surface area contributed by atoms with E-state index < -0.39 is 5.41 Å². The molecule has 4 aliphatic rings. The fraction of sp³-hybridized carbons (Fsp3) is 0.875. The van der Waals surface area contributed by atoms with E-state index in [1.54, 1.807) is 0 Å². The molecule has 7 atom stereocenters. The molecule has 0 aromatic heterocycles. The van der Waals surface area contributed by atoms with Crippen molar-refractivity contribution in [2.75, 3.05) is 13.2 Å². The van der Waals surface area contributed by atoms with Crippen molar-refractivity contribution >= 4 is 17.9 Å². The van der Waals surface area contributed by atoms with Crippen LogP contribution in [0.5, 0.6) is 0 Å². The summed E-state index contributed by atoms with van der Waals surface area (Å²) in [6, 6.07) is 0. The van der Waals surface area contributed by atoms with Gasteiger partial charge in [-0.2, -0.15) is 0 Å². The number of fused-ring (bicyclic) bond motifs is 5. The predicted octanol–water partition coefficient (Wildman–Crippen LogP) is 3.90. The average Bonchev–Trinajstić information content (AvgIpc) is 3.02. The first kappa shape index (κ1) is 21.6. The zero-order chi connectivity index (χ0) is 21.9. The minimum absolute atomic E-state index is 0.0507. The number of rotatable bonds is 3. The van der Waals surface area contributed by atoms with Gasteiger partial charge in [0.2, 0.25) is 0 Å². The molecule has 0 radical (unpaired) electrons. The van der Waals surface area contributed by atoms with Gasteiger partial charge in [0, 0.05) is 19.8 Å². The molecular weight excluding hydrogens is 384 g/mol. The van der Waals surface area contributed by atoms with Gasteiger partial charge >= 0.3 is 17.9 Å². The molecule has 0 aromatic rings. The van der Waals surface area contributed by atoms with Crippen LogP contribution in [0.25, 0.3) is 0 Å². The lowest BCUT2D eigenvalue weighted by Gasteiger charge is -2.67. The lowest BCUT2D eigenvalue weighted by atomic mass is 9.38. The second-order valence-electron chi connectivity index (χ2n) is 11.1. The molecule has 0 aromatic carbocycles. The van der Waals surface area contributed by atoms with E-state index in [9.17, 15) is 14.4 Å². The molecule has 6 nitrogen and oxygen atoms in total. The first-order valence-electron chi connectivity index (χ1n) is 11.5. The molecule has 7 unspecified atom stereocenters. The normalized spacial score (nSPS) is 44.2. The highest BCUT2D eigenvalue weighted by molar-refractivity contribution is 5.75. The van der Waals surface area contributed by atoms with Gasteiger partial charge in [-0.15, -0.1) is 0 Å². The Morgan fingerprint density at radius 3 is 2.47 bits per heavy atom. The molecule has 1 heterocycles. The number of ether oxygens (including phenoxy) is 3. The van der Waals surface area contributed by atoms with Gasteiger partial charge in [-0.1, -0.05) is 27.2 Å². The van der Waals surface area contributed by atoms with E-state index in [1.807, 2.05) is 0 Å². The van der Waals surface area contributed by atoms with Crippen LogP contribution in [0.15, 0.2) is 0 Å². The van der Waals surface area contributed by atoms with Crippen molar-refractivity contribution in [1.29, 1.82) is 0 Å². The third-order valence-electron chi connectivity index (χ3n) is 9.25. The molecule has 1 aliphatic heterocycles. The van der Waals surface area contributed by atoms with Crippen LogP contribution in [-0.2, 0) is 28.6 Å². The van der Waals surface area contributed by atoms with Gasteiger partial charge in [-0.3, -0.25) is 14.4 Å². The largest absolute Gasteiger partial charge is 0.465 e. The van der Waals surface area contributed by atoms with E-state index in [0.717, 1.165) is 32.1 Å². The first-order chi connectivity index (χ1) is 14.0. The summed E-state index contributed by atoms with van der Waals surface area (Å²) in [6.07, 6.45) is 5.49. The topological polar surface area (TPSA) is 78.9 Å². The molecule has 4 rings (SSSR count). The highest BCUT2D eigenvalue weighted by Gasteiger charge is 2.70. The number of hydrogen-bond acceptors (Lipinski definition) is 6. The van der Waals surface area contributed by atoms with Crippen molar-refractivity contribution in [3.8, 4) is 0 Å². The summed E-state index contributed by atoms with van der Waals surface area (Å²) in [7, 11) is 0. The van der Waals surface area contributed by atoms with Crippen LogP contribution in [0.1, 0.15) is 73.1 Å². The minimum Gasteiger partial charge on any atom is -0.465 e. The van der Waals surface area contributed by atoms with Crippen LogP contribution in [0.4, 0.5) is 0 Å². The predicted molar refractivity (Wildman–Crippen MR) is 109 cm³/mol. The Morgan fingerprint density at radius 1 is 1.07 bits per heavy atom. The number of hydrogen-bond donors (Lipinski definition) is 0. The third-order valence-corrected chi connectivity index (χ3v) is 9.25. The van der Waals surface area contributed by atoms with E-state index >= 15 is 0 Å². The zero-order valence-electron chi connectivity index (χ0n) is 19.0. The molecular formula is C24H36O6. The second kappa shape index (κ2) is 7.23. The lowest BCUT2D eigenvalue weighted by molar-refractivity contribution is -0.249. The van der Waals surface area contributed by atoms with Crippen molar-refractivity contribution in [2.45, 2.75) is 79.2 Å². The lowest BCUT2D eigenvalue weighted by Crippen LogP contribution is -2.67. The van der Waals surface area contributed by atoms with Crippen molar-refractivity contribution in [1.82, 2.24) is 0 Å². The first-order valence-corrected chi connectivity index (χ1v) is 11.5. The molecule has 4 fully saturated rings. The summed E-state index contributed by atoms with van der Waals surface area (Å²) in [5, 5.41) is 0. The number of carbonyl (C=O) groups is 3. The van der Waals surface area contributed by atoms with Crippen LogP contribution in [0.3, 0.4) is 0 Å². The van der Waals surface area contributed by atoms with E-state index in [4.69, 9.17) is 14.2 Å². The molecule has 1 saturated heterocycles. The van der Waals surface area contributed by atoms with E-state index in [2.05, 4.69) is 20.8 Å². The van der Waals surface area contributed by atoms with Gasteiger partial charge < -0.3 is 14.2 Å². The smallest absolute Gasteiger partial charge is 0.309 e. The van der Waals surface area contributed by atoms with Gasteiger partial charge in [-0.25, -0.2) is 0 Å². The molecule has 0 bridgehead atoms. The molecule has 0 amide bonds. The second-order valence-corrected chi connectivity index (χ2v) is 11.1. The Labute approximate surface area is 179 Å². The number of esters is 3. The number of cyclic esters (lactones) is 1. The zero-order valence-corrected chi connectivity index (χ0v) is 19.0. The van der Waals surface area contributed by atoms with Crippen LogP contribution >= 0.6 is 0 Å². The Kier molecular flexibility index (Phi) is 5.22. The standard InChI is InChI=1S/C24H36O6/c1-14(25)29-13-24-17-12-28-21(27)16(17)7-8-18(24)23(5)10-6-9-22(3,4)19(23)11-20(24)30-15(2)26/h16-20H,6-13H2,1-5H3. The van der Waals surface area contributed by atoms with Gasteiger partial charge in [0.1, 0.15) is 12.7 Å². The molecule has 6 heteroatoms. The quantitative estimate of drug-likeness (QED) is 0.509. The van der Waals surface area contributed by atoms with Gasteiger partial charge in [-0.05, 0) is 54.8 Å². The van der Waals surface area contributed by atoms with Crippen molar-refractivity contribution < 1.29 is 28.6 Å². The third kappa shape index (κ3) is 3.08. The Bertz CT molecular complexity index is 744. The molecule has 168 valence electrons. The summed E-state index contributed by atoms with van der Waals surface area (Å²) in [5.41, 5.74) is -0.377. The summed E-state index contributed by atoms with van der Waals surface area (Å²) in [4.78, 5) is 36.6. The minimum atomic E-state index is -0.578. The maximum Gasteiger partial charge on any atom is 0.309 e.